The second kappa shape index (κ2) is 3.46. The van der Waals surface area contributed by atoms with Crippen LogP contribution >= 0.6 is 0 Å². The summed E-state index contributed by atoms with van der Waals surface area (Å²) in [5.74, 6) is 0. The number of anilines is 1. The summed E-state index contributed by atoms with van der Waals surface area (Å²) in [6.45, 7) is 0.898. The van der Waals surface area contributed by atoms with Gasteiger partial charge >= 0.3 is 0 Å². The Morgan fingerprint density at radius 1 is 1.31 bits per heavy atom. The van der Waals surface area contributed by atoms with Crippen LogP contribution in [0.25, 0.3) is 0 Å². The van der Waals surface area contributed by atoms with E-state index in [2.05, 4.69) is 10.0 Å². The van der Waals surface area contributed by atoms with E-state index in [1.54, 1.807) is 12.1 Å². The summed E-state index contributed by atoms with van der Waals surface area (Å²) in [5.41, 5.74) is 2.16. The number of hydrogen-bond donors (Lipinski definition) is 2. The number of fused-ring (bicyclic) bond motifs is 1. The lowest BCUT2D eigenvalue weighted by Gasteiger charge is -2.07. The van der Waals surface area contributed by atoms with Gasteiger partial charge in [0.15, 0.2) is 0 Å². The quantitative estimate of drug-likeness (QED) is 0.829. The molecule has 0 aromatic heterocycles. The Balaban J connectivity index is 1.93. The molecule has 1 fully saturated rings. The van der Waals surface area contributed by atoms with Crippen LogP contribution in [0.4, 0.5) is 5.69 Å². The Hall–Kier alpha value is -1.07. The summed E-state index contributed by atoms with van der Waals surface area (Å²) >= 11 is 0. The molecule has 2 N–H and O–H groups in total. The fraction of sp³-hybridized carbons (Fsp3) is 0.455. The Bertz CT molecular complexity index is 521. The average molecular weight is 238 g/mol. The summed E-state index contributed by atoms with van der Waals surface area (Å²) in [6.07, 6.45) is 2.90. The van der Waals surface area contributed by atoms with Gasteiger partial charge in [-0.1, -0.05) is 6.07 Å². The molecular formula is C11H14N2O2S. The topological polar surface area (TPSA) is 58.2 Å². The molecule has 1 heterocycles. The minimum Gasteiger partial charge on any atom is -0.384 e. The third kappa shape index (κ3) is 1.81. The molecule has 0 atom stereocenters. The van der Waals surface area contributed by atoms with Crippen LogP contribution < -0.4 is 10.0 Å². The summed E-state index contributed by atoms with van der Waals surface area (Å²) in [4.78, 5) is 0.368. The molecule has 2 aliphatic rings. The van der Waals surface area contributed by atoms with Crippen LogP contribution in [0, 0.1) is 0 Å². The van der Waals surface area contributed by atoms with Crippen LogP contribution in [0.1, 0.15) is 18.4 Å². The fourth-order valence-corrected chi connectivity index (χ4v) is 3.26. The average Bonchev–Trinajstić information content (AvgIpc) is 2.93. The molecule has 1 aromatic rings. The standard InChI is InChI=1S/C11H14N2O2S/c14-16(15,13-9-2-3-9)10-4-1-8-5-6-12-11(8)7-10/h1,4,7,9,12-13H,2-3,5-6H2. The second-order valence-corrected chi connectivity index (χ2v) is 6.11. The third-order valence-electron chi connectivity index (χ3n) is 3.00. The van der Waals surface area contributed by atoms with E-state index in [4.69, 9.17) is 0 Å². The van der Waals surface area contributed by atoms with Gasteiger partial charge in [0.25, 0.3) is 0 Å². The first kappa shape index (κ1) is 10.1. The number of hydrogen-bond acceptors (Lipinski definition) is 3. The molecule has 5 heteroatoms. The smallest absolute Gasteiger partial charge is 0.240 e. The van der Waals surface area contributed by atoms with Crippen molar-refractivity contribution < 1.29 is 8.42 Å². The van der Waals surface area contributed by atoms with Crippen molar-refractivity contribution in [2.45, 2.75) is 30.2 Å². The molecule has 0 amide bonds. The molecule has 0 spiro atoms. The minimum absolute atomic E-state index is 0.159. The summed E-state index contributed by atoms with van der Waals surface area (Å²) in [7, 11) is -3.31. The second-order valence-electron chi connectivity index (χ2n) is 4.39. The van der Waals surface area contributed by atoms with Crippen molar-refractivity contribution >= 4 is 15.7 Å². The molecule has 0 radical (unpaired) electrons. The van der Waals surface area contributed by atoms with Gasteiger partial charge < -0.3 is 5.32 Å². The van der Waals surface area contributed by atoms with Crippen LogP contribution in [-0.4, -0.2) is 21.0 Å². The molecule has 1 aliphatic carbocycles. The van der Waals surface area contributed by atoms with E-state index in [0.717, 1.165) is 31.5 Å². The predicted octanol–water partition coefficient (Wildman–Crippen LogP) is 1.10. The molecular weight excluding hydrogens is 224 g/mol. The van der Waals surface area contributed by atoms with Crippen molar-refractivity contribution in [1.82, 2.24) is 4.72 Å². The molecule has 86 valence electrons. The molecule has 1 aliphatic heterocycles. The Kier molecular flexibility index (Phi) is 2.19. The van der Waals surface area contributed by atoms with Crippen LogP contribution in [0.3, 0.4) is 0 Å². The largest absolute Gasteiger partial charge is 0.384 e. The van der Waals surface area contributed by atoms with E-state index in [0.29, 0.717) is 4.90 Å². The van der Waals surface area contributed by atoms with E-state index < -0.39 is 10.0 Å². The summed E-state index contributed by atoms with van der Waals surface area (Å²) < 4.78 is 26.6. The normalized spacial score (nSPS) is 19.2. The van der Waals surface area contributed by atoms with Crippen molar-refractivity contribution in [2.75, 3.05) is 11.9 Å². The number of sulfonamides is 1. The first-order chi connectivity index (χ1) is 7.65. The molecule has 0 unspecified atom stereocenters. The Morgan fingerprint density at radius 2 is 2.12 bits per heavy atom. The van der Waals surface area contributed by atoms with Crippen LogP contribution in [0.2, 0.25) is 0 Å². The monoisotopic (exact) mass is 238 g/mol. The number of benzene rings is 1. The maximum absolute atomic E-state index is 11.9. The van der Waals surface area contributed by atoms with Gasteiger partial charge in [0.1, 0.15) is 0 Å². The van der Waals surface area contributed by atoms with Crippen molar-refractivity contribution in [1.29, 1.82) is 0 Å². The number of rotatable bonds is 3. The highest BCUT2D eigenvalue weighted by atomic mass is 32.2. The Morgan fingerprint density at radius 3 is 2.88 bits per heavy atom. The molecule has 1 aromatic carbocycles. The molecule has 0 bridgehead atoms. The molecule has 0 saturated heterocycles. The van der Waals surface area contributed by atoms with Crippen molar-refractivity contribution in [3.05, 3.63) is 23.8 Å². The van der Waals surface area contributed by atoms with Gasteiger partial charge in [-0.15, -0.1) is 0 Å². The van der Waals surface area contributed by atoms with Gasteiger partial charge in [-0.2, -0.15) is 0 Å². The summed E-state index contributed by atoms with van der Waals surface area (Å²) in [5, 5.41) is 3.19. The van der Waals surface area contributed by atoms with Crippen LogP contribution in [0.5, 0.6) is 0 Å². The zero-order valence-electron chi connectivity index (χ0n) is 8.86. The van der Waals surface area contributed by atoms with Crippen molar-refractivity contribution in [3.63, 3.8) is 0 Å². The fourth-order valence-electron chi connectivity index (χ4n) is 1.93. The zero-order chi connectivity index (χ0) is 11.2. The van der Waals surface area contributed by atoms with E-state index in [9.17, 15) is 8.42 Å². The van der Waals surface area contributed by atoms with E-state index in [1.165, 1.54) is 5.56 Å². The highest BCUT2D eigenvalue weighted by Gasteiger charge is 2.28. The van der Waals surface area contributed by atoms with Gasteiger partial charge in [-0.3, -0.25) is 0 Å². The highest BCUT2D eigenvalue weighted by molar-refractivity contribution is 7.89. The van der Waals surface area contributed by atoms with Gasteiger partial charge in [0.05, 0.1) is 4.90 Å². The van der Waals surface area contributed by atoms with Gasteiger partial charge in [0.2, 0.25) is 10.0 Å². The maximum Gasteiger partial charge on any atom is 0.240 e. The first-order valence-corrected chi connectivity index (χ1v) is 7.03. The lowest BCUT2D eigenvalue weighted by atomic mass is 10.2. The van der Waals surface area contributed by atoms with Gasteiger partial charge in [0, 0.05) is 18.3 Å². The van der Waals surface area contributed by atoms with E-state index in [-0.39, 0.29) is 6.04 Å². The first-order valence-electron chi connectivity index (χ1n) is 5.54. The van der Waals surface area contributed by atoms with Crippen molar-refractivity contribution in [2.24, 2.45) is 0 Å². The van der Waals surface area contributed by atoms with Crippen LogP contribution in [0.15, 0.2) is 23.1 Å². The lowest BCUT2D eigenvalue weighted by Crippen LogP contribution is -2.25. The zero-order valence-corrected chi connectivity index (χ0v) is 9.68. The highest BCUT2D eigenvalue weighted by Crippen LogP contribution is 2.27. The van der Waals surface area contributed by atoms with E-state index >= 15 is 0 Å². The predicted molar refractivity (Wildman–Crippen MR) is 62.0 cm³/mol. The summed E-state index contributed by atoms with van der Waals surface area (Å²) in [6, 6.07) is 5.48. The molecule has 4 nitrogen and oxygen atoms in total. The minimum atomic E-state index is -3.31. The SMILES string of the molecule is O=S(=O)(NC1CC1)c1ccc2c(c1)NCC2. The molecule has 16 heavy (non-hydrogen) atoms. The molecule has 1 saturated carbocycles. The van der Waals surface area contributed by atoms with Gasteiger partial charge in [-0.05, 0) is 37.0 Å². The van der Waals surface area contributed by atoms with Crippen molar-refractivity contribution in [3.8, 4) is 0 Å². The van der Waals surface area contributed by atoms with Crippen LogP contribution in [-0.2, 0) is 16.4 Å². The van der Waals surface area contributed by atoms with Gasteiger partial charge in [-0.25, -0.2) is 13.1 Å². The third-order valence-corrected chi connectivity index (χ3v) is 4.52. The van der Waals surface area contributed by atoms with E-state index in [1.807, 2.05) is 6.07 Å². The maximum atomic E-state index is 11.9. The number of nitrogens with one attached hydrogen (secondary N) is 2. The lowest BCUT2D eigenvalue weighted by molar-refractivity contribution is 0.581. The Labute approximate surface area is 95.1 Å². The molecule has 3 rings (SSSR count).